The molecule has 154 valence electrons. The Bertz CT molecular complexity index is 1020. The molecule has 10 nitrogen and oxygen atoms in total. The summed E-state index contributed by atoms with van der Waals surface area (Å²) in [5, 5.41) is 20.6. The molecule has 29 heavy (non-hydrogen) atoms. The van der Waals surface area contributed by atoms with Gasteiger partial charge in [0.25, 0.3) is 10.0 Å². The van der Waals surface area contributed by atoms with Crippen molar-refractivity contribution in [3.8, 4) is 0 Å². The van der Waals surface area contributed by atoms with Gasteiger partial charge in [0.1, 0.15) is 5.82 Å². The van der Waals surface area contributed by atoms with E-state index < -0.39 is 26.8 Å². The molecule has 1 aliphatic heterocycles. The maximum atomic E-state index is 12.8. The maximum Gasteiger partial charge on any atom is 0.311 e. The highest BCUT2D eigenvalue weighted by molar-refractivity contribution is 7.92. The molecule has 0 atom stereocenters. The van der Waals surface area contributed by atoms with E-state index in [9.17, 15) is 23.3 Å². The van der Waals surface area contributed by atoms with Crippen molar-refractivity contribution >= 4 is 33.3 Å². The smallest absolute Gasteiger partial charge is 0.311 e. The Balaban J connectivity index is 1.95. The number of carboxylic acids is 1. The first kappa shape index (κ1) is 20.5. The minimum atomic E-state index is -3.89. The Labute approximate surface area is 167 Å². The number of pyridine rings is 1. The second-order valence-corrected chi connectivity index (χ2v) is 8.62. The Hall–Kier alpha value is -3.21. The minimum absolute atomic E-state index is 0.0338. The van der Waals surface area contributed by atoms with Crippen molar-refractivity contribution in [3.63, 3.8) is 0 Å². The normalized spacial score (nSPS) is 15.1. The topological polar surface area (TPSA) is 134 Å². The molecule has 1 aromatic heterocycles. The van der Waals surface area contributed by atoms with Crippen molar-refractivity contribution in [1.82, 2.24) is 4.98 Å². The summed E-state index contributed by atoms with van der Waals surface area (Å²) >= 11 is 0. The molecular weight excluding hydrogens is 400 g/mol. The molecule has 0 spiro atoms. The van der Waals surface area contributed by atoms with E-state index >= 15 is 0 Å². The quantitative estimate of drug-likeness (QED) is 0.555. The van der Waals surface area contributed by atoms with E-state index in [-0.39, 0.29) is 35.3 Å². The van der Waals surface area contributed by atoms with Gasteiger partial charge < -0.3 is 10.0 Å². The summed E-state index contributed by atoms with van der Waals surface area (Å²) in [4.78, 5) is 28.0. The van der Waals surface area contributed by atoms with Crippen LogP contribution in [0.1, 0.15) is 12.8 Å². The number of aromatic nitrogens is 1. The maximum absolute atomic E-state index is 12.8. The number of hydrogen-bond acceptors (Lipinski definition) is 7. The first-order valence-electron chi connectivity index (χ1n) is 8.89. The van der Waals surface area contributed by atoms with Crippen LogP contribution < -0.4 is 9.21 Å². The van der Waals surface area contributed by atoms with Crippen LogP contribution in [0.3, 0.4) is 0 Å². The van der Waals surface area contributed by atoms with Crippen molar-refractivity contribution in [2.24, 2.45) is 5.92 Å². The number of anilines is 2. The molecular formula is C18H20N4O6S. The first-order valence-corrected chi connectivity index (χ1v) is 10.3. The van der Waals surface area contributed by atoms with Gasteiger partial charge in [0, 0.05) is 26.2 Å². The van der Waals surface area contributed by atoms with E-state index in [2.05, 4.69) is 4.98 Å². The molecule has 0 amide bonds. The zero-order chi connectivity index (χ0) is 21.2. The van der Waals surface area contributed by atoms with Crippen molar-refractivity contribution < 1.29 is 23.2 Å². The monoisotopic (exact) mass is 420 g/mol. The van der Waals surface area contributed by atoms with Gasteiger partial charge in [-0.25, -0.2) is 13.4 Å². The second-order valence-electron chi connectivity index (χ2n) is 6.65. The lowest BCUT2D eigenvalue weighted by molar-refractivity contribution is -0.384. The highest BCUT2D eigenvalue weighted by Gasteiger charge is 2.31. The van der Waals surface area contributed by atoms with Crippen LogP contribution in [0.2, 0.25) is 0 Å². The van der Waals surface area contributed by atoms with Crippen LogP contribution in [0.5, 0.6) is 0 Å². The molecule has 2 aromatic rings. The molecule has 1 N–H and O–H groups in total. The second kappa shape index (κ2) is 8.03. The van der Waals surface area contributed by atoms with Gasteiger partial charge in [0.2, 0.25) is 5.82 Å². The molecule has 1 fully saturated rings. The third-order valence-corrected chi connectivity index (χ3v) is 6.68. The Morgan fingerprint density at radius 2 is 1.83 bits per heavy atom. The van der Waals surface area contributed by atoms with Crippen LogP contribution in [-0.4, -0.2) is 49.5 Å². The highest BCUT2D eigenvalue weighted by Crippen LogP contribution is 2.33. The lowest BCUT2D eigenvalue weighted by Gasteiger charge is -2.31. The summed E-state index contributed by atoms with van der Waals surface area (Å²) in [7, 11) is -2.56. The summed E-state index contributed by atoms with van der Waals surface area (Å²) in [6.07, 6.45) is 0.660. The molecule has 1 saturated heterocycles. The molecule has 0 radical (unpaired) electrons. The van der Waals surface area contributed by atoms with E-state index in [1.807, 2.05) is 0 Å². The van der Waals surface area contributed by atoms with E-state index in [1.165, 1.54) is 31.3 Å². The molecule has 3 rings (SSSR count). The van der Waals surface area contributed by atoms with Crippen LogP contribution in [0.25, 0.3) is 0 Å². The fourth-order valence-electron chi connectivity index (χ4n) is 3.19. The minimum Gasteiger partial charge on any atom is -0.481 e. The van der Waals surface area contributed by atoms with Gasteiger partial charge in [-0.3, -0.25) is 19.2 Å². The lowest BCUT2D eigenvalue weighted by atomic mass is 9.97. The van der Waals surface area contributed by atoms with Gasteiger partial charge in [-0.15, -0.1) is 0 Å². The third-order valence-electron chi connectivity index (χ3n) is 4.90. The van der Waals surface area contributed by atoms with Gasteiger partial charge in [-0.1, -0.05) is 18.2 Å². The number of nitro groups is 1. The highest BCUT2D eigenvalue weighted by atomic mass is 32.2. The number of carbonyl (C=O) groups is 1. The number of hydrogen-bond donors (Lipinski definition) is 1. The van der Waals surface area contributed by atoms with Crippen LogP contribution in [0, 0.1) is 16.0 Å². The SMILES string of the molecule is CN(c1ccc([N+](=O)[O-])c(N2CCC(C(=O)O)CC2)n1)S(=O)(=O)c1ccccc1. The summed E-state index contributed by atoms with van der Waals surface area (Å²) < 4.78 is 26.6. The zero-order valence-electron chi connectivity index (χ0n) is 15.6. The number of aliphatic carboxylic acids is 1. The number of sulfonamides is 1. The molecule has 2 heterocycles. The average Bonchev–Trinajstić information content (AvgIpc) is 2.73. The van der Waals surface area contributed by atoms with Crippen molar-refractivity contribution in [2.75, 3.05) is 29.3 Å². The summed E-state index contributed by atoms with van der Waals surface area (Å²) in [6.45, 7) is 0.562. The average molecular weight is 420 g/mol. The predicted molar refractivity (Wildman–Crippen MR) is 105 cm³/mol. The molecule has 1 aromatic carbocycles. The largest absolute Gasteiger partial charge is 0.481 e. The fraction of sp³-hybridized carbons (Fsp3) is 0.333. The van der Waals surface area contributed by atoms with Gasteiger partial charge in [-0.2, -0.15) is 0 Å². The summed E-state index contributed by atoms with van der Waals surface area (Å²) in [5.41, 5.74) is -0.256. The summed E-state index contributed by atoms with van der Waals surface area (Å²) in [6, 6.07) is 10.3. The molecule has 0 saturated carbocycles. The Kier molecular flexibility index (Phi) is 5.69. The predicted octanol–water partition coefficient (Wildman–Crippen LogP) is 2.12. The summed E-state index contributed by atoms with van der Waals surface area (Å²) in [5.74, 6) is -1.33. The number of carboxylic acid groups (broad SMARTS) is 1. The Morgan fingerprint density at radius 3 is 2.38 bits per heavy atom. The fourth-order valence-corrected chi connectivity index (χ4v) is 4.36. The number of piperidine rings is 1. The standard InChI is InChI=1S/C18H20N4O6S/c1-20(29(27,28)14-5-3-2-4-6-14)16-8-7-15(22(25)26)17(19-16)21-11-9-13(10-12-21)18(23)24/h2-8,13H,9-12H2,1H3,(H,23,24). The van der Waals surface area contributed by atoms with Gasteiger partial charge >= 0.3 is 11.7 Å². The number of rotatable bonds is 6. The van der Waals surface area contributed by atoms with Crippen molar-refractivity contribution in [1.29, 1.82) is 0 Å². The lowest BCUT2D eigenvalue weighted by Crippen LogP contribution is -2.37. The van der Waals surface area contributed by atoms with Crippen LogP contribution in [0.15, 0.2) is 47.4 Å². The number of benzene rings is 1. The van der Waals surface area contributed by atoms with Gasteiger partial charge in [0.15, 0.2) is 0 Å². The Morgan fingerprint density at radius 1 is 1.21 bits per heavy atom. The molecule has 1 aliphatic rings. The van der Waals surface area contributed by atoms with Crippen LogP contribution >= 0.6 is 0 Å². The van der Waals surface area contributed by atoms with Gasteiger partial charge in [-0.05, 0) is 31.0 Å². The molecule has 0 bridgehead atoms. The van der Waals surface area contributed by atoms with Crippen molar-refractivity contribution in [3.05, 3.63) is 52.6 Å². The third kappa shape index (κ3) is 4.14. The van der Waals surface area contributed by atoms with Crippen LogP contribution in [-0.2, 0) is 14.8 Å². The van der Waals surface area contributed by atoms with Gasteiger partial charge in [0.05, 0.1) is 15.7 Å². The molecule has 0 unspecified atom stereocenters. The van der Waals surface area contributed by atoms with E-state index in [0.29, 0.717) is 12.8 Å². The molecule has 11 heteroatoms. The van der Waals surface area contributed by atoms with Crippen molar-refractivity contribution in [2.45, 2.75) is 17.7 Å². The van der Waals surface area contributed by atoms with E-state index in [0.717, 1.165) is 4.31 Å². The van der Waals surface area contributed by atoms with Crippen LogP contribution in [0.4, 0.5) is 17.3 Å². The van der Waals surface area contributed by atoms with E-state index in [1.54, 1.807) is 23.1 Å². The van der Waals surface area contributed by atoms with E-state index in [4.69, 9.17) is 5.11 Å². The number of nitrogens with zero attached hydrogens (tertiary/aromatic N) is 4. The first-order chi connectivity index (χ1) is 13.7. The zero-order valence-corrected chi connectivity index (χ0v) is 16.4. The molecule has 0 aliphatic carbocycles.